The van der Waals surface area contributed by atoms with Crippen LogP contribution in [0.4, 0.5) is 0 Å². The minimum atomic E-state index is -1.21. The SMILES string of the molecule is COc1ccc(C[C@H]2NC(=O)C[C@H](O)C[C@@H](C(C)/C=C/c3ccccc3)OC(=O)[C@H](CC(C)C)OC(=O)[C@H](C)CNC2=O)cc1Cl. The molecule has 2 aromatic carbocycles. The van der Waals surface area contributed by atoms with Crippen molar-refractivity contribution in [2.24, 2.45) is 17.8 Å². The third-order valence-electron chi connectivity index (χ3n) is 7.67. The first-order valence-corrected chi connectivity index (χ1v) is 16.0. The van der Waals surface area contributed by atoms with Gasteiger partial charge in [0, 0.05) is 25.3 Å². The standard InChI is InChI=1S/C35H45ClN2O8/c1-21(2)15-31-35(43)45-30(22(3)11-12-24-9-7-6-8-10-24)18-26(39)19-32(40)38-28(33(41)37-20-23(4)34(42)46-31)17-25-13-14-29(44-5)27(36)16-25/h6-14,16,21-23,26,28,30-31,39H,15,17-20H2,1-5H3,(H,37,41)(H,38,40)/b12-11+/t22?,23-,26-,28-,30+,31+/m1/s1. The third-order valence-corrected chi connectivity index (χ3v) is 7.97. The highest BCUT2D eigenvalue weighted by Gasteiger charge is 2.33. The monoisotopic (exact) mass is 656 g/mol. The largest absolute Gasteiger partial charge is 0.495 e. The number of rotatable bonds is 8. The lowest BCUT2D eigenvalue weighted by Crippen LogP contribution is -2.50. The molecule has 250 valence electrons. The number of amides is 2. The first-order chi connectivity index (χ1) is 21.9. The van der Waals surface area contributed by atoms with Gasteiger partial charge in [0.15, 0.2) is 6.10 Å². The second-order valence-corrected chi connectivity index (χ2v) is 12.6. The van der Waals surface area contributed by atoms with E-state index in [1.807, 2.05) is 63.3 Å². The molecule has 10 nitrogen and oxygen atoms in total. The summed E-state index contributed by atoms with van der Waals surface area (Å²) in [6, 6.07) is 13.6. The molecule has 3 rings (SSSR count). The van der Waals surface area contributed by atoms with Crippen molar-refractivity contribution >= 4 is 41.4 Å². The van der Waals surface area contributed by atoms with Gasteiger partial charge in [-0.2, -0.15) is 0 Å². The molecule has 1 aliphatic heterocycles. The number of hydrogen-bond donors (Lipinski definition) is 3. The van der Waals surface area contributed by atoms with Gasteiger partial charge in [-0.1, -0.05) is 87.8 Å². The highest BCUT2D eigenvalue weighted by atomic mass is 35.5. The molecule has 1 unspecified atom stereocenters. The molecule has 2 amide bonds. The van der Waals surface area contributed by atoms with Crippen molar-refractivity contribution in [1.29, 1.82) is 0 Å². The van der Waals surface area contributed by atoms with Gasteiger partial charge in [0.1, 0.15) is 17.9 Å². The quantitative estimate of drug-likeness (QED) is 0.353. The number of carbonyl (C=O) groups is 4. The summed E-state index contributed by atoms with van der Waals surface area (Å²) in [7, 11) is 1.49. The van der Waals surface area contributed by atoms with E-state index in [1.54, 1.807) is 25.1 Å². The average Bonchev–Trinajstić information content (AvgIpc) is 3.01. The van der Waals surface area contributed by atoms with E-state index in [9.17, 15) is 24.3 Å². The van der Waals surface area contributed by atoms with Crippen LogP contribution in [-0.4, -0.2) is 66.9 Å². The van der Waals surface area contributed by atoms with E-state index in [4.69, 9.17) is 25.8 Å². The van der Waals surface area contributed by atoms with Gasteiger partial charge in [-0.15, -0.1) is 0 Å². The Morgan fingerprint density at radius 1 is 1.04 bits per heavy atom. The van der Waals surface area contributed by atoms with E-state index in [0.29, 0.717) is 16.3 Å². The normalized spacial score (nSPS) is 24.6. The molecule has 6 atom stereocenters. The second-order valence-electron chi connectivity index (χ2n) is 12.2. The Labute approximate surface area is 275 Å². The van der Waals surface area contributed by atoms with Gasteiger partial charge in [0.2, 0.25) is 11.8 Å². The molecule has 1 aliphatic rings. The topological polar surface area (TPSA) is 140 Å². The van der Waals surface area contributed by atoms with Crippen molar-refractivity contribution in [3.05, 3.63) is 70.8 Å². The van der Waals surface area contributed by atoms with Crippen molar-refractivity contribution in [2.45, 2.75) is 77.7 Å². The maximum Gasteiger partial charge on any atom is 0.347 e. The predicted octanol–water partition coefficient (Wildman–Crippen LogP) is 4.50. The number of benzene rings is 2. The van der Waals surface area contributed by atoms with Crippen LogP contribution in [-0.2, 0) is 35.1 Å². The maximum atomic E-state index is 13.4. The lowest BCUT2D eigenvalue weighted by Gasteiger charge is -2.28. The molecule has 0 spiro atoms. The number of methoxy groups -OCH3 is 1. The van der Waals surface area contributed by atoms with Crippen molar-refractivity contribution < 1.29 is 38.5 Å². The fourth-order valence-corrected chi connectivity index (χ4v) is 5.26. The van der Waals surface area contributed by atoms with Crippen molar-refractivity contribution in [3.8, 4) is 5.75 Å². The summed E-state index contributed by atoms with van der Waals surface area (Å²) in [5, 5.41) is 16.8. The Bertz CT molecular complexity index is 1370. The van der Waals surface area contributed by atoms with Crippen LogP contribution >= 0.6 is 11.6 Å². The number of esters is 2. The summed E-state index contributed by atoms with van der Waals surface area (Å²) in [5.74, 6) is -3.20. The average molecular weight is 657 g/mol. The van der Waals surface area contributed by atoms with Crippen molar-refractivity contribution in [3.63, 3.8) is 0 Å². The molecule has 3 N–H and O–H groups in total. The zero-order chi connectivity index (χ0) is 33.8. The highest BCUT2D eigenvalue weighted by Crippen LogP contribution is 2.26. The molecule has 2 aromatic rings. The summed E-state index contributed by atoms with van der Waals surface area (Å²) in [5.41, 5.74) is 1.60. The summed E-state index contributed by atoms with van der Waals surface area (Å²) >= 11 is 6.29. The summed E-state index contributed by atoms with van der Waals surface area (Å²) in [6.07, 6.45) is 0.441. The van der Waals surface area contributed by atoms with Gasteiger partial charge in [-0.25, -0.2) is 4.79 Å². The molecule has 11 heteroatoms. The van der Waals surface area contributed by atoms with E-state index in [1.165, 1.54) is 7.11 Å². The van der Waals surface area contributed by atoms with Crippen LogP contribution in [0.15, 0.2) is 54.6 Å². The third kappa shape index (κ3) is 11.5. The van der Waals surface area contributed by atoms with Gasteiger partial charge in [-0.05, 0) is 35.6 Å². The molecule has 0 saturated carbocycles. The molecule has 1 saturated heterocycles. The van der Waals surface area contributed by atoms with Crippen LogP contribution in [0.5, 0.6) is 5.75 Å². The van der Waals surface area contributed by atoms with E-state index in [2.05, 4.69) is 10.6 Å². The molecule has 0 radical (unpaired) electrons. The van der Waals surface area contributed by atoms with Gasteiger partial charge < -0.3 is 30.0 Å². The summed E-state index contributed by atoms with van der Waals surface area (Å²) in [4.78, 5) is 52.9. The Hall–Kier alpha value is -3.89. The van der Waals surface area contributed by atoms with Gasteiger partial charge in [0.05, 0.1) is 30.6 Å². The minimum absolute atomic E-state index is 0.00121. The molecular weight excluding hydrogens is 612 g/mol. The number of hydrogen-bond acceptors (Lipinski definition) is 8. The predicted molar refractivity (Wildman–Crippen MR) is 175 cm³/mol. The fraction of sp³-hybridized carbons (Fsp3) is 0.486. The van der Waals surface area contributed by atoms with Crippen LogP contribution in [0, 0.1) is 17.8 Å². The zero-order valence-electron chi connectivity index (χ0n) is 27.0. The first-order valence-electron chi connectivity index (χ1n) is 15.6. The number of carbonyl (C=O) groups excluding carboxylic acids is 4. The van der Waals surface area contributed by atoms with Gasteiger partial charge >= 0.3 is 11.9 Å². The second kappa shape index (κ2) is 17.7. The highest BCUT2D eigenvalue weighted by molar-refractivity contribution is 6.32. The van der Waals surface area contributed by atoms with Crippen molar-refractivity contribution in [2.75, 3.05) is 13.7 Å². The van der Waals surface area contributed by atoms with Crippen LogP contribution in [0.3, 0.4) is 0 Å². The van der Waals surface area contributed by atoms with Crippen LogP contribution < -0.4 is 15.4 Å². The lowest BCUT2D eigenvalue weighted by atomic mass is 9.95. The molecule has 0 bridgehead atoms. The number of cyclic esters (lactones) is 2. The van der Waals surface area contributed by atoms with Gasteiger partial charge in [-0.3, -0.25) is 14.4 Å². The Balaban J connectivity index is 1.89. The summed E-state index contributed by atoms with van der Waals surface area (Å²) < 4.78 is 16.7. The van der Waals surface area contributed by atoms with E-state index >= 15 is 0 Å². The van der Waals surface area contributed by atoms with Gasteiger partial charge in [0.25, 0.3) is 0 Å². The molecule has 46 heavy (non-hydrogen) atoms. The van der Waals surface area contributed by atoms with Crippen LogP contribution in [0.2, 0.25) is 5.02 Å². The molecule has 1 fully saturated rings. The van der Waals surface area contributed by atoms with Crippen LogP contribution in [0.25, 0.3) is 6.08 Å². The number of aliphatic hydroxyl groups is 1. The number of nitrogens with one attached hydrogen (secondary N) is 2. The minimum Gasteiger partial charge on any atom is -0.495 e. The molecule has 0 aromatic heterocycles. The molecular formula is C35H45ClN2O8. The number of ether oxygens (including phenoxy) is 3. The fourth-order valence-electron chi connectivity index (χ4n) is 4.98. The summed E-state index contributed by atoms with van der Waals surface area (Å²) in [6.45, 7) is 7.11. The van der Waals surface area contributed by atoms with E-state index in [-0.39, 0.29) is 44.1 Å². The first kappa shape index (κ1) is 36.6. The number of aliphatic hydroxyl groups excluding tert-OH is 1. The van der Waals surface area contributed by atoms with Crippen molar-refractivity contribution in [1.82, 2.24) is 10.6 Å². The van der Waals surface area contributed by atoms with E-state index in [0.717, 1.165) is 5.56 Å². The molecule has 1 heterocycles. The lowest BCUT2D eigenvalue weighted by molar-refractivity contribution is -0.176. The maximum absolute atomic E-state index is 13.4. The Kier molecular flexibility index (Phi) is 14.1. The molecule has 0 aliphatic carbocycles. The number of halogens is 1. The smallest absolute Gasteiger partial charge is 0.347 e. The van der Waals surface area contributed by atoms with Crippen LogP contribution in [0.1, 0.15) is 58.1 Å². The Morgan fingerprint density at radius 2 is 1.76 bits per heavy atom. The zero-order valence-corrected chi connectivity index (χ0v) is 27.8. The van der Waals surface area contributed by atoms with E-state index < -0.39 is 54.0 Å². The Morgan fingerprint density at radius 3 is 2.41 bits per heavy atom.